The summed E-state index contributed by atoms with van der Waals surface area (Å²) in [4.78, 5) is 19.9. The maximum Gasteiger partial charge on any atom is 0.255 e. The molecule has 0 radical (unpaired) electrons. The highest BCUT2D eigenvalue weighted by Crippen LogP contribution is 2.13. The van der Waals surface area contributed by atoms with Gasteiger partial charge in [-0.05, 0) is 0 Å². The molecular weight excluding hydrogens is 258 g/mol. The van der Waals surface area contributed by atoms with Crippen molar-refractivity contribution in [1.29, 1.82) is 0 Å². The predicted molar refractivity (Wildman–Crippen MR) is 73.3 cm³/mol. The van der Waals surface area contributed by atoms with Gasteiger partial charge in [-0.3, -0.25) is 4.79 Å². The minimum absolute atomic E-state index is 0.0571. The van der Waals surface area contributed by atoms with Gasteiger partial charge in [-0.25, -0.2) is 4.98 Å². The summed E-state index contributed by atoms with van der Waals surface area (Å²) >= 11 is 0. The summed E-state index contributed by atoms with van der Waals surface area (Å²) in [5, 5.41) is 16.6. The SMILES string of the molecule is C=CCNC(=O)Cc1cc(O)n2nc(CC=C)nc2n1. The molecule has 0 fully saturated rings. The highest BCUT2D eigenvalue weighted by molar-refractivity contribution is 5.78. The van der Waals surface area contributed by atoms with Crippen molar-refractivity contribution in [3.05, 3.63) is 42.9 Å². The standard InChI is InChI=1S/C13H15N5O2/c1-3-5-10-16-13-15-9(7-11(19)14-6-4-2)8-12(20)18(13)17-10/h3-4,8,20H,1-2,5-7H2,(H,14,19). The van der Waals surface area contributed by atoms with Crippen LogP contribution in [0.2, 0.25) is 0 Å². The van der Waals surface area contributed by atoms with E-state index in [2.05, 4.69) is 33.5 Å². The molecule has 0 saturated heterocycles. The molecule has 7 nitrogen and oxygen atoms in total. The van der Waals surface area contributed by atoms with Crippen LogP contribution in [0.5, 0.6) is 5.88 Å². The molecule has 0 saturated carbocycles. The lowest BCUT2D eigenvalue weighted by Crippen LogP contribution is -2.25. The molecule has 0 aromatic carbocycles. The summed E-state index contributed by atoms with van der Waals surface area (Å²) in [6.45, 7) is 7.51. The number of nitrogens with one attached hydrogen (secondary N) is 1. The van der Waals surface area contributed by atoms with Gasteiger partial charge in [0.25, 0.3) is 5.78 Å². The normalized spacial score (nSPS) is 10.4. The van der Waals surface area contributed by atoms with Gasteiger partial charge in [-0.2, -0.15) is 9.50 Å². The highest BCUT2D eigenvalue weighted by Gasteiger charge is 2.11. The number of aromatic hydroxyl groups is 1. The summed E-state index contributed by atoms with van der Waals surface area (Å²) in [7, 11) is 0. The zero-order valence-electron chi connectivity index (χ0n) is 10.9. The summed E-state index contributed by atoms with van der Waals surface area (Å²) in [6, 6.07) is 1.40. The quantitative estimate of drug-likeness (QED) is 0.743. The maximum atomic E-state index is 11.6. The number of allylic oxidation sites excluding steroid dienone is 1. The molecule has 0 unspecified atom stereocenters. The third-order valence-electron chi connectivity index (χ3n) is 2.50. The van der Waals surface area contributed by atoms with Crippen molar-refractivity contribution in [2.75, 3.05) is 6.54 Å². The van der Waals surface area contributed by atoms with Crippen LogP contribution in [0, 0.1) is 0 Å². The number of nitrogens with zero attached hydrogens (tertiary/aromatic N) is 4. The molecule has 0 spiro atoms. The van der Waals surface area contributed by atoms with Gasteiger partial charge in [0.2, 0.25) is 11.8 Å². The van der Waals surface area contributed by atoms with E-state index in [0.717, 1.165) is 0 Å². The lowest BCUT2D eigenvalue weighted by molar-refractivity contribution is -0.120. The molecule has 2 rings (SSSR count). The van der Waals surface area contributed by atoms with Crippen LogP contribution in [0.15, 0.2) is 31.4 Å². The number of rotatable bonds is 6. The van der Waals surface area contributed by atoms with Crippen molar-refractivity contribution in [3.8, 4) is 5.88 Å². The van der Waals surface area contributed by atoms with Crippen molar-refractivity contribution < 1.29 is 9.90 Å². The molecular formula is C13H15N5O2. The topological polar surface area (TPSA) is 92.4 Å². The largest absolute Gasteiger partial charge is 0.493 e. The summed E-state index contributed by atoms with van der Waals surface area (Å²) < 4.78 is 1.23. The molecule has 104 valence electrons. The Kier molecular flexibility index (Phi) is 4.09. The first-order chi connectivity index (χ1) is 9.63. The fourth-order valence-corrected chi connectivity index (χ4v) is 1.66. The number of fused-ring (bicyclic) bond motifs is 1. The van der Waals surface area contributed by atoms with Crippen molar-refractivity contribution in [1.82, 2.24) is 24.9 Å². The van der Waals surface area contributed by atoms with Crippen LogP contribution in [0.25, 0.3) is 5.78 Å². The first-order valence-electron chi connectivity index (χ1n) is 6.07. The molecule has 0 aliphatic carbocycles. The van der Waals surface area contributed by atoms with Crippen molar-refractivity contribution in [2.45, 2.75) is 12.8 Å². The Hall–Kier alpha value is -2.70. The fourth-order valence-electron chi connectivity index (χ4n) is 1.66. The fraction of sp³-hybridized carbons (Fsp3) is 0.231. The monoisotopic (exact) mass is 273 g/mol. The average Bonchev–Trinajstić information content (AvgIpc) is 2.80. The summed E-state index contributed by atoms with van der Waals surface area (Å²) in [5.74, 6) is 0.459. The number of amides is 1. The molecule has 7 heteroatoms. The smallest absolute Gasteiger partial charge is 0.255 e. The molecule has 0 bridgehead atoms. The van der Waals surface area contributed by atoms with Crippen LogP contribution < -0.4 is 5.32 Å². The van der Waals surface area contributed by atoms with Gasteiger partial charge in [0.1, 0.15) is 0 Å². The zero-order chi connectivity index (χ0) is 14.5. The van der Waals surface area contributed by atoms with E-state index in [1.807, 2.05) is 0 Å². The summed E-state index contributed by atoms with van der Waals surface area (Å²) in [6.07, 6.45) is 3.79. The molecule has 0 atom stereocenters. The Morgan fingerprint density at radius 1 is 1.40 bits per heavy atom. The Balaban J connectivity index is 2.24. The third kappa shape index (κ3) is 3.00. The van der Waals surface area contributed by atoms with Crippen LogP contribution in [0.4, 0.5) is 0 Å². The molecule has 0 aliphatic rings. The highest BCUT2D eigenvalue weighted by atomic mass is 16.3. The molecule has 2 heterocycles. The van der Waals surface area contributed by atoms with Crippen molar-refractivity contribution in [3.63, 3.8) is 0 Å². The zero-order valence-corrected chi connectivity index (χ0v) is 10.9. The van der Waals surface area contributed by atoms with Crippen LogP contribution in [-0.2, 0) is 17.6 Å². The van der Waals surface area contributed by atoms with E-state index in [4.69, 9.17) is 0 Å². The average molecular weight is 273 g/mol. The number of carbonyl (C=O) groups is 1. The van der Waals surface area contributed by atoms with Gasteiger partial charge in [0.05, 0.1) is 12.1 Å². The number of hydrogen-bond donors (Lipinski definition) is 2. The van der Waals surface area contributed by atoms with Crippen LogP contribution in [-0.4, -0.2) is 37.1 Å². The van der Waals surface area contributed by atoms with Gasteiger partial charge in [-0.15, -0.1) is 18.3 Å². The Morgan fingerprint density at radius 2 is 2.20 bits per heavy atom. The lowest BCUT2D eigenvalue weighted by atomic mass is 10.3. The Morgan fingerprint density at radius 3 is 2.90 bits per heavy atom. The minimum Gasteiger partial charge on any atom is -0.493 e. The van der Waals surface area contributed by atoms with E-state index in [9.17, 15) is 9.90 Å². The first kappa shape index (κ1) is 13.7. The van der Waals surface area contributed by atoms with E-state index in [1.54, 1.807) is 12.2 Å². The maximum absolute atomic E-state index is 11.6. The number of aromatic nitrogens is 4. The number of carbonyl (C=O) groups excluding carboxylic acids is 1. The van der Waals surface area contributed by atoms with Gasteiger partial charge in [0.15, 0.2) is 5.82 Å². The second-order valence-electron chi connectivity index (χ2n) is 4.11. The second-order valence-corrected chi connectivity index (χ2v) is 4.11. The van der Waals surface area contributed by atoms with Crippen molar-refractivity contribution >= 4 is 11.7 Å². The second kappa shape index (κ2) is 5.96. The Labute approximate surface area is 115 Å². The van der Waals surface area contributed by atoms with Crippen LogP contribution in [0.3, 0.4) is 0 Å². The van der Waals surface area contributed by atoms with E-state index in [0.29, 0.717) is 24.5 Å². The first-order valence-corrected chi connectivity index (χ1v) is 6.07. The van der Waals surface area contributed by atoms with Crippen LogP contribution >= 0.6 is 0 Å². The van der Waals surface area contributed by atoms with Gasteiger partial charge < -0.3 is 10.4 Å². The van der Waals surface area contributed by atoms with E-state index in [1.165, 1.54) is 10.6 Å². The number of hydrogen-bond acceptors (Lipinski definition) is 5. The lowest BCUT2D eigenvalue weighted by Gasteiger charge is -2.03. The van der Waals surface area contributed by atoms with Crippen molar-refractivity contribution in [2.24, 2.45) is 0 Å². The van der Waals surface area contributed by atoms with E-state index < -0.39 is 0 Å². The van der Waals surface area contributed by atoms with E-state index >= 15 is 0 Å². The predicted octanol–water partition coefficient (Wildman–Crippen LogP) is 0.403. The molecule has 2 aromatic heterocycles. The third-order valence-corrected chi connectivity index (χ3v) is 2.50. The molecule has 0 aliphatic heterocycles. The summed E-state index contributed by atoms with van der Waals surface area (Å²) in [5.41, 5.74) is 0.425. The molecule has 2 N–H and O–H groups in total. The van der Waals surface area contributed by atoms with Crippen LogP contribution in [0.1, 0.15) is 11.5 Å². The van der Waals surface area contributed by atoms with E-state index in [-0.39, 0.29) is 24.0 Å². The van der Waals surface area contributed by atoms with Gasteiger partial charge >= 0.3 is 0 Å². The minimum atomic E-state index is -0.202. The van der Waals surface area contributed by atoms with Gasteiger partial charge in [-0.1, -0.05) is 12.2 Å². The molecule has 20 heavy (non-hydrogen) atoms. The van der Waals surface area contributed by atoms with Gasteiger partial charge in [0, 0.05) is 19.0 Å². The Bertz CT molecular complexity index is 662. The molecule has 1 amide bonds. The molecule has 2 aromatic rings.